The fraction of sp³-hybridized carbons (Fsp3) is 0. The lowest BCUT2D eigenvalue weighted by atomic mass is 10.0. The Labute approximate surface area is 157 Å². The Kier molecular flexibility index (Phi) is 2.27. The molecule has 4 aromatic carbocycles. The number of hydrogen-bond acceptors (Lipinski definition) is 3. The van der Waals surface area contributed by atoms with Gasteiger partial charge in [0.15, 0.2) is 0 Å². The second kappa shape index (κ2) is 4.49. The summed E-state index contributed by atoms with van der Waals surface area (Å²) in [4.78, 5) is 0. The lowest BCUT2D eigenvalue weighted by Crippen LogP contribution is -1.82. The molecule has 7 aromatic rings. The smallest absolute Gasteiger partial charge is 0.214 e. The van der Waals surface area contributed by atoms with Crippen LogP contribution in [0.3, 0.4) is 0 Å². The van der Waals surface area contributed by atoms with E-state index in [-0.39, 0.29) is 11.5 Å². The lowest BCUT2D eigenvalue weighted by Gasteiger charge is -2.02. The van der Waals surface area contributed by atoms with Crippen molar-refractivity contribution in [1.29, 1.82) is 0 Å². The topological polar surface area (TPSA) is 58.0 Å². The van der Waals surface area contributed by atoms with Gasteiger partial charge in [0.1, 0.15) is 17.1 Å². The van der Waals surface area contributed by atoms with Gasteiger partial charge in [0, 0.05) is 21.5 Å². The molecule has 0 spiro atoms. The van der Waals surface area contributed by atoms with Crippen LogP contribution >= 0.6 is 0 Å². The Hall–Kier alpha value is -3.92. The maximum Gasteiger partial charge on any atom is 0.214 e. The minimum Gasteiger partial charge on any atom is -0.508 e. The van der Waals surface area contributed by atoms with Crippen LogP contribution in [0.4, 0.5) is 0 Å². The van der Waals surface area contributed by atoms with Crippen molar-refractivity contribution in [2.45, 2.75) is 0 Å². The molecule has 7 rings (SSSR count). The van der Waals surface area contributed by atoms with Crippen LogP contribution in [0.25, 0.3) is 60.0 Å². The van der Waals surface area contributed by atoms with Gasteiger partial charge in [0.05, 0.1) is 21.8 Å². The molecular weight excluding hydrogens is 350 g/mol. The average molecular weight is 363 g/mol. The first kappa shape index (κ1) is 14.2. The molecule has 0 aliphatic carbocycles. The van der Waals surface area contributed by atoms with Crippen molar-refractivity contribution in [1.82, 2.24) is 4.40 Å². The van der Waals surface area contributed by atoms with Crippen molar-refractivity contribution in [3.8, 4) is 11.5 Å². The molecule has 0 saturated carbocycles. The van der Waals surface area contributed by atoms with Crippen LogP contribution in [0.5, 0.6) is 11.5 Å². The number of furan rings is 1. The monoisotopic (exact) mass is 363 g/mol. The molecule has 132 valence electrons. The van der Waals surface area contributed by atoms with Gasteiger partial charge in [-0.15, -0.1) is 0 Å². The summed E-state index contributed by atoms with van der Waals surface area (Å²) in [5.41, 5.74) is 3.44. The SMILES string of the molecule is Oc1ccc2ccc3c4ccc(O)c5c6c7ccccc7oc6n(c3c2c1)c45. The van der Waals surface area contributed by atoms with Gasteiger partial charge >= 0.3 is 0 Å². The average Bonchev–Trinajstić information content (AvgIpc) is 3.33. The van der Waals surface area contributed by atoms with Gasteiger partial charge in [0.25, 0.3) is 0 Å². The molecule has 4 nitrogen and oxygen atoms in total. The number of rotatable bonds is 0. The molecule has 4 heteroatoms. The summed E-state index contributed by atoms with van der Waals surface area (Å²) in [5.74, 6) is 0.470. The van der Waals surface area contributed by atoms with Crippen LogP contribution in [-0.4, -0.2) is 14.6 Å². The highest BCUT2D eigenvalue weighted by atomic mass is 16.3. The predicted molar refractivity (Wildman–Crippen MR) is 112 cm³/mol. The third-order valence-electron chi connectivity index (χ3n) is 5.90. The maximum atomic E-state index is 10.8. The third kappa shape index (κ3) is 1.46. The van der Waals surface area contributed by atoms with E-state index in [1.165, 1.54) is 0 Å². The second-order valence-electron chi connectivity index (χ2n) is 7.34. The second-order valence-corrected chi connectivity index (χ2v) is 7.34. The fourth-order valence-electron chi connectivity index (χ4n) is 4.77. The number of benzene rings is 4. The van der Waals surface area contributed by atoms with Crippen LogP contribution in [0.2, 0.25) is 0 Å². The summed E-state index contributed by atoms with van der Waals surface area (Å²) >= 11 is 0. The molecule has 0 fully saturated rings. The van der Waals surface area contributed by atoms with E-state index in [4.69, 9.17) is 4.42 Å². The summed E-state index contributed by atoms with van der Waals surface area (Å²) in [6, 6.07) is 21.2. The van der Waals surface area contributed by atoms with E-state index in [9.17, 15) is 10.2 Å². The highest BCUT2D eigenvalue weighted by Gasteiger charge is 2.25. The highest BCUT2D eigenvalue weighted by Crippen LogP contribution is 2.47. The molecule has 2 N–H and O–H groups in total. The maximum absolute atomic E-state index is 10.8. The van der Waals surface area contributed by atoms with Gasteiger partial charge in [0.2, 0.25) is 5.71 Å². The number of nitrogens with zero attached hydrogens (tertiary/aromatic N) is 1. The molecule has 3 aromatic heterocycles. The van der Waals surface area contributed by atoms with Crippen molar-refractivity contribution in [2.75, 3.05) is 0 Å². The Morgan fingerprint density at radius 2 is 1.46 bits per heavy atom. The number of phenolic OH excluding ortho intramolecular Hbond substituents is 2. The van der Waals surface area contributed by atoms with Gasteiger partial charge in [-0.3, -0.25) is 4.40 Å². The Balaban J connectivity index is 1.93. The van der Waals surface area contributed by atoms with Crippen molar-refractivity contribution in [3.05, 3.63) is 66.7 Å². The van der Waals surface area contributed by atoms with E-state index in [1.54, 1.807) is 18.2 Å². The van der Waals surface area contributed by atoms with E-state index < -0.39 is 0 Å². The highest BCUT2D eigenvalue weighted by molar-refractivity contribution is 6.31. The molecule has 0 atom stereocenters. The van der Waals surface area contributed by atoms with Crippen LogP contribution in [0, 0.1) is 0 Å². The Morgan fingerprint density at radius 1 is 0.679 bits per heavy atom. The number of hydrogen-bond donors (Lipinski definition) is 2. The van der Waals surface area contributed by atoms with Gasteiger partial charge in [-0.1, -0.05) is 36.4 Å². The minimum absolute atomic E-state index is 0.226. The number of para-hydroxylation sites is 1. The molecule has 3 heterocycles. The standard InChI is InChI=1S/C24H13NO3/c26-13-7-5-12-6-8-14-15-9-10-18(27)21-20-16-3-1-2-4-19(16)28-24(20)25(23(15)21)22(14)17(12)11-13/h1-11,26-27H. The van der Waals surface area contributed by atoms with Crippen LogP contribution in [0.1, 0.15) is 0 Å². The Bertz CT molecular complexity index is 1740. The van der Waals surface area contributed by atoms with Crippen LogP contribution < -0.4 is 0 Å². The van der Waals surface area contributed by atoms with E-state index in [0.717, 1.165) is 54.3 Å². The van der Waals surface area contributed by atoms with Gasteiger partial charge in [-0.2, -0.15) is 0 Å². The van der Waals surface area contributed by atoms with E-state index in [1.807, 2.05) is 36.4 Å². The first-order chi connectivity index (χ1) is 13.7. The zero-order valence-corrected chi connectivity index (χ0v) is 14.6. The third-order valence-corrected chi connectivity index (χ3v) is 5.90. The quantitative estimate of drug-likeness (QED) is 0.340. The normalized spacial score (nSPS) is 12.6. The van der Waals surface area contributed by atoms with Gasteiger partial charge in [-0.05, 0) is 35.7 Å². The van der Waals surface area contributed by atoms with Crippen molar-refractivity contribution in [3.63, 3.8) is 0 Å². The predicted octanol–water partition coefficient (Wildman–Crippen LogP) is 6.15. The lowest BCUT2D eigenvalue weighted by molar-refractivity contribution is 0.476. The van der Waals surface area contributed by atoms with Crippen molar-refractivity contribution < 1.29 is 14.6 Å². The Morgan fingerprint density at radius 3 is 2.39 bits per heavy atom. The minimum atomic E-state index is 0.226. The van der Waals surface area contributed by atoms with Crippen molar-refractivity contribution in [2.24, 2.45) is 0 Å². The largest absolute Gasteiger partial charge is 0.508 e. The van der Waals surface area contributed by atoms with Crippen LogP contribution in [0.15, 0.2) is 71.1 Å². The van der Waals surface area contributed by atoms with E-state index in [2.05, 4.69) is 16.5 Å². The summed E-state index contributed by atoms with van der Waals surface area (Å²) in [6.45, 7) is 0. The van der Waals surface area contributed by atoms with Gasteiger partial charge in [-0.25, -0.2) is 0 Å². The zero-order valence-electron chi connectivity index (χ0n) is 14.6. The molecule has 0 saturated heterocycles. The molecule has 0 amide bonds. The first-order valence-electron chi connectivity index (χ1n) is 9.16. The number of aromatic nitrogens is 1. The summed E-state index contributed by atoms with van der Waals surface area (Å²) < 4.78 is 8.37. The van der Waals surface area contributed by atoms with Crippen LogP contribution in [-0.2, 0) is 0 Å². The van der Waals surface area contributed by atoms with E-state index >= 15 is 0 Å². The number of aromatic hydroxyl groups is 2. The molecule has 0 bridgehead atoms. The first-order valence-corrected chi connectivity index (χ1v) is 9.16. The van der Waals surface area contributed by atoms with E-state index in [0.29, 0.717) is 5.71 Å². The molecule has 0 unspecified atom stereocenters. The molecule has 0 aliphatic heterocycles. The summed E-state index contributed by atoms with van der Waals surface area (Å²) in [5, 5.41) is 27.7. The number of phenols is 2. The van der Waals surface area contributed by atoms with Gasteiger partial charge < -0.3 is 14.6 Å². The van der Waals surface area contributed by atoms with Crippen molar-refractivity contribution >= 4 is 60.0 Å². The molecule has 0 aliphatic rings. The summed E-state index contributed by atoms with van der Waals surface area (Å²) in [7, 11) is 0. The zero-order chi connectivity index (χ0) is 18.6. The number of fused-ring (bicyclic) bond motifs is 10. The fourth-order valence-corrected chi connectivity index (χ4v) is 4.77. The summed E-state index contributed by atoms with van der Waals surface area (Å²) in [6.07, 6.45) is 0. The molecular formula is C24H13NO3. The molecule has 0 radical (unpaired) electrons. The molecule has 28 heavy (non-hydrogen) atoms.